The van der Waals surface area contributed by atoms with E-state index in [1.807, 2.05) is 78.9 Å². The van der Waals surface area contributed by atoms with Gasteiger partial charge in [0.05, 0.1) is 33.5 Å². The van der Waals surface area contributed by atoms with Crippen molar-refractivity contribution in [3.05, 3.63) is 112 Å². The Hall–Kier alpha value is -5.08. The van der Waals surface area contributed by atoms with Gasteiger partial charge in [-0.2, -0.15) is 4.98 Å². The molecule has 4 atom stereocenters. The zero-order chi connectivity index (χ0) is 33.8. The summed E-state index contributed by atoms with van der Waals surface area (Å²) in [4.78, 5) is 30.1. The minimum absolute atomic E-state index is 0.0119. The molecule has 2 aromatic heterocycles. The maximum absolute atomic E-state index is 12.8. The fourth-order valence-corrected chi connectivity index (χ4v) is 5.99. The Morgan fingerprint density at radius 2 is 1.56 bits per heavy atom. The van der Waals surface area contributed by atoms with Crippen LogP contribution in [0.15, 0.2) is 95.0 Å². The number of aromatic nitrogens is 4. The summed E-state index contributed by atoms with van der Waals surface area (Å²) in [6.45, 7) is 0.0119. The highest BCUT2D eigenvalue weighted by atomic mass is 16.6. The van der Waals surface area contributed by atoms with Gasteiger partial charge >= 0.3 is 0 Å². The second-order valence-corrected chi connectivity index (χ2v) is 11.5. The van der Waals surface area contributed by atoms with Crippen LogP contribution in [0, 0.1) is 0 Å². The predicted octanol–water partition coefficient (Wildman–Crippen LogP) is 3.64. The molecular formula is C35H38N6O7. The molecule has 2 N–H and O–H groups in total. The van der Waals surface area contributed by atoms with Gasteiger partial charge in [0, 0.05) is 21.2 Å². The van der Waals surface area contributed by atoms with Crippen molar-refractivity contribution in [2.45, 2.75) is 30.1 Å². The molecule has 48 heavy (non-hydrogen) atoms. The normalized spacial score (nSPS) is 19.6. The molecule has 0 saturated carbocycles. The SMILES string of the molecule is COc1ccc(C(OC[C@H]2O[C@@H](n3cnc4c(=O)[nH]c(/N=C/N(C)C)nc43)C(O)[C@H]2OC)(c2ccccc2)c2ccc(OC)cc2)cc1. The summed E-state index contributed by atoms with van der Waals surface area (Å²) in [7, 11) is 8.35. The van der Waals surface area contributed by atoms with E-state index >= 15 is 0 Å². The van der Waals surface area contributed by atoms with Crippen LogP contribution in [0.4, 0.5) is 5.95 Å². The zero-order valence-corrected chi connectivity index (χ0v) is 27.3. The highest BCUT2D eigenvalue weighted by Crippen LogP contribution is 2.43. The minimum atomic E-state index is -1.15. The number of aliphatic hydroxyl groups excluding tert-OH is 1. The van der Waals surface area contributed by atoms with Crippen LogP contribution in [-0.4, -0.2) is 96.2 Å². The predicted molar refractivity (Wildman–Crippen MR) is 179 cm³/mol. The van der Waals surface area contributed by atoms with Gasteiger partial charge in [0.2, 0.25) is 5.95 Å². The second-order valence-electron chi connectivity index (χ2n) is 11.5. The lowest BCUT2D eigenvalue weighted by Crippen LogP contribution is -2.40. The third kappa shape index (κ3) is 6.16. The maximum atomic E-state index is 12.8. The van der Waals surface area contributed by atoms with E-state index in [1.165, 1.54) is 24.3 Å². The van der Waals surface area contributed by atoms with Gasteiger partial charge in [0.25, 0.3) is 5.56 Å². The van der Waals surface area contributed by atoms with E-state index in [-0.39, 0.29) is 23.7 Å². The number of hydrogen-bond acceptors (Lipinski definition) is 10. The van der Waals surface area contributed by atoms with Gasteiger partial charge in [0.15, 0.2) is 17.4 Å². The van der Waals surface area contributed by atoms with Crippen LogP contribution in [0.25, 0.3) is 11.2 Å². The number of hydrogen-bond donors (Lipinski definition) is 2. The van der Waals surface area contributed by atoms with Gasteiger partial charge in [-0.15, -0.1) is 0 Å². The first-order valence-corrected chi connectivity index (χ1v) is 15.3. The second kappa shape index (κ2) is 14.0. The average molecular weight is 655 g/mol. The number of ether oxygens (including phenoxy) is 5. The molecule has 0 bridgehead atoms. The Labute approximate surface area is 277 Å². The fourth-order valence-electron chi connectivity index (χ4n) is 5.99. The number of fused-ring (bicyclic) bond motifs is 1. The van der Waals surface area contributed by atoms with Gasteiger partial charge < -0.3 is 33.7 Å². The fraction of sp³-hybridized carbons (Fsp3) is 0.314. The van der Waals surface area contributed by atoms with Crippen molar-refractivity contribution >= 4 is 23.5 Å². The molecule has 250 valence electrons. The van der Waals surface area contributed by atoms with Crippen molar-refractivity contribution in [2.75, 3.05) is 42.0 Å². The summed E-state index contributed by atoms with van der Waals surface area (Å²) in [5.41, 5.74) is 1.29. The number of benzene rings is 3. The molecule has 1 unspecified atom stereocenters. The standard InChI is InChI=1S/C35H38N6O7/c1-40(2)20-37-34-38-31-28(32(43)39-34)36-21-41(31)33-29(42)30(46-5)27(48-33)19-47-35(22-9-7-6-8-10-22,23-11-15-25(44-3)16-12-23)24-13-17-26(45-4)18-14-24/h6-18,20-21,27,29-30,33,42H,19H2,1-5H3,(H,38,39,43)/b37-20+/t27-,29?,30+,33-/m1/s1. The van der Waals surface area contributed by atoms with Crippen LogP contribution in [0.1, 0.15) is 22.9 Å². The van der Waals surface area contributed by atoms with E-state index in [0.717, 1.165) is 16.7 Å². The van der Waals surface area contributed by atoms with Crippen LogP contribution in [0.3, 0.4) is 0 Å². The monoisotopic (exact) mass is 654 g/mol. The summed E-state index contributed by atoms with van der Waals surface area (Å²) in [5, 5.41) is 11.5. The molecule has 1 aliphatic heterocycles. The summed E-state index contributed by atoms with van der Waals surface area (Å²) < 4.78 is 31.7. The quantitative estimate of drug-likeness (QED) is 0.116. The largest absolute Gasteiger partial charge is 0.497 e. The molecule has 1 fully saturated rings. The van der Waals surface area contributed by atoms with Crippen LogP contribution < -0.4 is 15.0 Å². The van der Waals surface area contributed by atoms with Crippen LogP contribution in [0.2, 0.25) is 0 Å². The minimum Gasteiger partial charge on any atom is -0.497 e. The molecule has 13 heteroatoms. The number of H-pyrrole nitrogens is 1. The van der Waals surface area contributed by atoms with Crippen molar-refractivity contribution in [2.24, 2.45) is 4.99 Å². The Kier molecular flexibility index (Phi) is 9.55. The average Bonchev–Trinajstić information content (AvgIpc) is 3.68. The van der Waals surface area contributed by atoms with E-state index in [4.69, 9.17) is 23.7 Å². The van der Waals surface area contributed by atoms with Crippen molar-refractivity contribution in [1.82, 2.24) is 24.4 Å². The topological polar surface area (TPSA) is 146 Å². The molecule has 0 amide bonds. The molecule has 0 aliphatic carbocycles. The first kappa shape index (κ1) is 32.8. The maximum Gasteiger partial charge on any atom is 0.280 e. The van der Waals surface area contributed by atoms with E-state index in [0.29, 0.717) is 11.5 Å². The van der Waals surface area contributed by atoms with Gasteiger partial charge in [-0.1, -0.05) is 54.6 Å². The van der Waals surface area contributed by atoms with Gasteiger partial charge in [-0.25, -0.2) is 9.98 Å². The Morgan fingerprint density at radius 3 is 2.12 bits per heavy atom. The lowest BCUT2D eigenvalue weighted by Gasteiger charge is -2.37. The highest BCUT2D eigenvalue weighted by Gasteiger charge is 2.48. The first-order valence-electron chi connectivity index (χ1n) is 15.3. The van der Waals surface area contributed by atoms with E-state index in [1.54, 1.807) is 33.2 Å². The molecular weight excluding hydrogens is 616 g/mol. The van der Waals surface area contributed by atoms with E-state index in [2.05, 4.69) is 19.9 Å². The number of aromatic amines is 1. The Bertz CT molecular complexity index is 1860. The van der Waals surface area contributed by atoms with E-state index < -0.39 is 35.7 Å². The molecule has 0 radical (unpaired) electrons. The molecule has 3 aromatic carbocycles. The lowest BCUT2D eigenvalue weighted by molar-refractivity contribution is -0.0981. The molecule has 3 heterocycles. The van der Waals surface area contributed by atoms with Gasteiger partial charge in [-0.05, 0) is 41.0 Å². The van der Waals surface area contributed by atoms with E-state index in [9.17, 15) is 9.90 Å². The van der Waals surface area contributed by atoms with Crippen LogP contribution in [-0.2, 0) is 19.8 Å². The summed E-state index contributed by atoms with van der Waals surface area (Å²) in [6.07, 6.45) is -0.726. The van der Waals surface area contributed by atoms with Crippen molar-refractivity contribution in [1.29, 1.82) is 0 Å². The molecule has 5 aromatic rings. The molecule has 6 rings (SSSR count). The number of rotatable bonds is 12. The smallest absolute Gasteiger partial charge is 0.280 e. The van der Waals surface area contributed by atoms with Crippen LogP contribution in [0.5, 0.6) is 11.5 Å². The van der Waals surface area contributed by atoms with Crippen molar-refractivity contribution in [3.8, 4) is 11.5 Å². The van der Waals surface area contributed by atoms with Crippen molar-refractivity contribution < 1.29 is 28.8 Å². The molecule has 0 spiro atoms. The third-order valence-corrected chi connectivity index (χ3v) is 8.32. The number of nitrogens with one attached hydrogen (secondary N) is 1. The number of nitrogens with zero attached hydrogens (tertiary/aromatic N) is 5. The van der Waals surface area contributed by atoms with Gasteiger partial charge in [-0.3, -0.25) is 14.3 Å². The number of methoxy groups -OCH3 is 3. The Balaban J connectivity index is 1.39. The summed E-state index contributed by atoms with van der Waals surface area (Å²) in [6, 6.07) is 25.3. The van der Waals surface area contributed by atoms with Gasteiger partial charge in [0.1, 0.15) is 35.4 Å². The van der Waals surface area contributed by atoms with Crippen LogP contribution >= 0.6 is 0 Å². The third-order valence-electron chi connectivity index (χ3n) is 8.32. The van der Waals surface area contributed by atoms with Crippen molar-refractivity contribution in [3.63, 3.8) is 0 Å². The molecule has 1 saturated heterocycles. The summed E-state index contributed by atoms with van der Waals surface area (Å²) in [5.74, 6) is 1.50. The summed E-state index contributed by atoms with van der Waals surface area (Å²) >= 11 is 0. The number of aliphatic imine (C=N–C) groups is 1. The number of imidazole rings is 1. The first-order chi connectivity index (χ1) is 23.3. The number of aliphatic hydroxyl groups is 1. The Morgan fingerprint density at radius 1 is 0.958 bits per heavy atom. The zero-order valence-electron chi connectivity index (χ0n) is 27.3. The molecule has 1 aliphatic rings. The highest BCUT2D eigenvalue weighted by molar-refractivity contribution is 5.71. The molecule has 13 nitrogen and oxygen atoms in total. The lowest BCUT2D eigenvalue weighted by atomic mass is 9.80.